The second kappa shape index (κ2) is 3.99. The monoisotopic (exact) mass is 208 g/mol. The fraction of sp³-hybridized carbons (Fsp3) is 0.769. The minimum absolute atomic E-state index is 0.167. The predicted molar refractivity (Wildman–Crippen MR) is 59.5 cm³/mol. The summed E-state index contributed by atoms with van der Waals surface area (Å²) >= 11 is 0. The van der Waals surface area contributed by atoms with E-state index in [-0.39, 0.29) is 5.92 Å². The first-order chi connectivity index (χ1) is 7.09. The molecule has 0 aromatic rings. The minimum atomic E-state index is -0.601. The van der Waals surface area contributed by atoms with E-state index in [1.165, 1.54) is 18.4 Å². The predicted octanol–water partition coefficient (Wildman–Crippen LogP) is 3.09. The maximum Gasteiger partial charge on any atom is 0.310 e. The lowest BCUT2D eigenvalue weighted by Crippen LogP contribution is -2.22. The molecule has 1 fully saturated rings. The molecule has 0 aromatic heterocycles. The smallest absolute Gasteiger partial charge is 0.310 e. The summed E-state index contributed by atoms with van der Waals surface area (Å²) in [5.41, 5.74) is 1.20. The Kier molecular flexibility index (Phi) is 2.85. The SMILES string of the molecule is CC(C)CC1=C[C@H]2CCC[C@H]2[C@@H]1C(=O)O. The highest BCUT2D eigenvalue weighted by Gasteiger charge is 2.43. The van der Waals surface area contributed by atoms with Gasteiger partial charge in [-0.1, -0.05) is 31.9 Å². The van der Waals surface area contributed by atoms with Crippen molar-refractivity contribution in [3.8, 4) is 0 Å². The molecule has 2 nitrogen and oxygen atoms in total. The Morgan fingerprint density at radius 1 is 1.53 bits per heavy atom. The number of allylic oxidation sites excluding steroid dienone is 1. The molecule has 0 spiro atoms. The van der Waals surface area contributed by atoms with Gasteiger partial charge in [0, 0.05) is 0 Å². The number of carboxylic acids is 1. The average Bonchev–Trinajstić information content (AvgIpc) is 2.60. The molecule has 2 aliphatic carbocycles. The lowest BCUT2D eigenvalue weighted by atomic mass is 9.85. The van der Waals surface area contributed by atoms with Gasteiger partial charge in [-0.05, 0) is 37.0 Å². The molecular weight excluding hydrogens is 188 g/mol. The van der Waals surface area contributed by atoms with Gasteiger partial charge in [0.05, 0.1) is 5.92 Å². The number of fused-ring (bicyclic) bond motifs is 1. The first-order valence-electron chi connectivity index (χ1n) is 6.03. The van der Waals surface area contributed by atoms with Crippen molar-refractivity contribution in [2.75, 3.05) is 0 Å². The summed E-state index contributed by atoms with van der Waals surface area (Å²) in [4.78, 5) is 11.3. The van der Waals surface area contributed by atoms with Gasteiger partial charge in [-0.2, -0.15) is 0 Å². The molecule has 0 bridgehead atoms. The fourth-order valence-electron chi connectivity index (χ4n) is 3.30. The Hall–Kier alpha value is -0.790. The lowest BCUT2D eigenvalue weighted by molar-refractivity contribution is -0.142. The van der Waals surface area contributed by atoms with Gasteiger partial charge in [0.25, 0.3) is 0 Å². The molecular formula is C13H20O2. The first-order valence-corrected chi connectivity index (χ1v) is 6.03. The van der Waals surface area contributed by atoms with E-state index in [9.17, 15) is 9.90 Å². The number of rotatable bonds is 3. The molecule has 1 N–H and O–H groups in total. The molecule has 15 heavy (non-hydrogen) atoms. The van der Waals surface area contributed by atoms with E-state index in [4.69, 9.17) is 0 Å². The van der Waals surface area contributed by atoms with Gasteiger partial charge < -0.3 is 5.11 Å². The number of aliphatic carboxylic acids is 1. The van der Waals surface area contributed by atoms with Crippen molar-refractivity contribution in [2.24, 2.45) is 23.7 Å². The summed E-state index contributed by atoms with van der Waals surface area (Å²) in [6.07, 6.45) is 6.76. The fourth-order valence-corrected chi connectivity index (χ4v) is 3.30. The summed E-state index contributed by atoms with van der Waals surface area (Å²) in [5.74, 6) is 0.782. The molecule has 0 amide bonds. The first kappa shape index (κ1) is 10.7. The second-order valence-electron chi connectivity index (χ2n) is 5.41. The van der Waals surface area contributed by atoms with Crippen molar-refractivity contribution in [1.82, 2.24) is 0 Å². The normalized spacial score (nSPS) is 34.3. The van der Waals surface area contributed by atoms with Crippen LogP contribution in [0.5, 0.6) is 0 Å². The maximum atomic E-state index is 11.3. The van der Waals surface area contributed by atoms with E-state index in [0.29, 0.717) is 17.8 Å². The molecule has 3 atom stereocenters. The zero-order chi connectivity index (χ0) is 11.0. The van der Waals surface area contributed by atoms with Crippen LogP contribution in [0.3, 0.4) is 0 Å². The van der Waals surface area contributed by atoms with Crippen molar-refractivity contribution in [1.29, 1.82) is 0 Å². The molecule has 2 rings (SSSR count). The Labute approximate surface area is 91.4 Å². The zero-order valence-electron chi connectivity index (χ0n) is 9.57. The summed E-state index contributed by atoms with van der Waals surface area (Å²) < 4.78 is 0. The maximum absolute atomic E-state index is 11.3. The minimum Gasteiger partial charge on any atom is -0.481 e. The van der Waals surface area contributed by atoms with Crippen molar-refractivity contribution in [2.45, 2.75) is 39.5 Å². The van der Waals surface area contributed by atoms with Gasteiger partial charge >= 0.3 is 5.97 Å². The third kappa shape index (κ3) is 1.95. The molecule has 0 aliphatic heterocycles. The quantitative estimate of drug-likeness (QED) is 0.724. The van der Waals surface area contributed by atoms with Crippen LogP contribution in [0.2, 0.25) is 0 Å². The van der Waals surface area contributed by atoms with Crippen molar-refractivity contribution < 1.29 is 9.90 Å². The van der Waals surface area contributed by atoms with Crippen LogP contribution >= 0.6 is 0 Å². The van der Waals surface area contributed by atoms with Crippen LogP contribution < -0.4 is 0 Å². The van der Waals surface area contributed by atoms with Crippen LogP contribution in [0.25, 0.3) is 0 Å². The Bertz CT molecular complexity index is 291. The molecule has 0 unspecified atom stereocenters. The van der Waals surface area contributed by atoms with E-state index in [0.717, 1.165) is 12.8 Å². The van der Waals surface area contributed by atoms with Crippen LogP contribution in [-0.2, 0) is 4.79 Å². The van der Waals surface area contributed by atoms with Crippen LogP contribution in [0.4, 0.5) is 0 Å². The summed E-state index contributed by atoms with van der Waals surface area (Å²) in [7, 11) is 0. The third-order valence-corrected chi connectivity index (χ3v) is 3.79. The van der Waals surface area contributed by atoms with Gasteiger partial charge in [0.15, 0.2) is 0 Å². The standard InChI is InChI=1S/C13H20O2/c1-8(2)6-10-7-9-4-3-5-11(9)12(10)13(14)15/h7-9,11-12H,3-6H2,1-2H3,(H,14,15)/t9-,11-,12-/m1/s1. The number of hydrogen-bond acceptors (Lipinski definition) is 1. The molecule has 2 aliphatic rings. The molecule has 84 valence electrons. The summed E-state index contributed by atoms with van der Waals surface area (Å²) in [5, 5.41) is 9.30. The summed E-state index contributed by atoms with van der Waals surface area (Å²) in [6, 6.07) is 0. The second-order valence-corrected chi connectivity index (χ2v) is 5.41. The molecule has 1 saturated carbocycles. The van der Waals surface area contributed by atoms with Gasteiger partial charge in [-0.3, -0.25) is 4.79 Å². The van der Waals surface area contributed by atoms with Crippen LogP contribution in [-0.4, -0.2) is 11.1 Å². The lowest BCUT2D eigenvalue weighted by Gasteiger charge is -2.18. The molecule has 0 saturated heterocycles. The molecule has 2 heteroatoms. The van der Waals surface area contributed by atoms with Gasteiger partial charge in [0.2, 0.25) is 0 Å². The largest absolute Gasteiger partial charge is 0.481 e. The van der Waals surface area contributed by atoms with Gasteiger partial charge in [0.1, 0.15) is 0 Å². The van der Waals surface area contributed by atoms with Gasteiger partial charge in [-0.15, -0.1) is 0 Å². The van der Waals surface area contributed by atoms with E-state index in [1.807, 2.05) is 0 Å². The highest BCUT2D eigenvalue weighted by molar-refractivity contribution is 5.75. The van der Waals surface area contributed by atoms with E-state index >= 15 is 0 Å². The van der Waals surface area contributed by atoms with Crippen LogP contribution in [0.15, 0.2) is 11.6 Å². The Balaban J connectivity index is 2.17. The zero-order valence-corrected chi connectivity index (χ0v) is 9.57. The average molecular weight is 208 g/mol. The third-order valence-electron chi connectivity index (χ3n) is 3.79. The van der Waals surface area contributed by atoms with E-state index in [1.54, 1.807) is 0 Å². The number of carbonyl (C=O) groups is 1. The Morgan fingerprint density at radius 2 is 2.27 bits per heavy atom. The van der Waals surface area contributed by atoms with E-state index < -0.39 is 5.97 Å². The molecule has 0 radical (unpaired) electrons. The Morgan fingerprint density at radius 3 is 2.87 bits per heavy atom. The van der Waals surface area contributed by atoms with Gasteiger partial charge in [-0.25, -0.2) is 0 Å². The van der Waals surface area contributed by atoms with Crippen molar-refractivity contribution in [3.63, 3.8) is 0 Å². The van der Waals surface area contributed by atoms with Crippen LogP contribution in [0, 0.1) is 23.7 Å². The van der Waals surface area contributed by atoms with Crippen LogP contribution in [0.1, 0.15) is 39.5 Å². The topological polar surface area (TPSA) is 37.3 Å². The number of carboxylic acid groups (broad SMARTS) is 1. The highest BCUT2D eigenvalue weighted by atomic mass is 16.4. The van der Waals surface area contributed by atoms with E-state index in [2.05, 4.69) is 19.9 Å². The number of hydrogen-bond donors (Lipinski definition) is 1. The van der Waals surface area contributed by atoms with Crippen molar-refractivity contribution >= 4 is 5.97 Å². The molecule has 0 aromatic carbocycles. The summed E-state index contributed by atoms with van der Waals surface area (Å²) in [6.45, 7) is 4.32. The highest BCUT2D eigenvalue weighted by Crippen LogP contribution is 2.48. The van der Waals surface area contributed by atoms with Crippen molar-refractivity contribution in [3.05, 3.63) is 11.6 Å². The molecule has 0 heterocycles.